The summed E-state index contributed by atoms with van der Waals surface area (Å²) in [5, 5.41) is 3.67. The Balaban J connectivity index is 2.13. The van der Waals surface area contributed by atoms with Gasteiger partial charge in [-0.05, 0) is 76.1 Å². The molecule has 0 aliphatic carbocycles. The van der Waals surface area contributed by atoms with Gasteiger partial charge in [0.15, 0.2) is 11.5 Å². The van der Waals surface area contributed by atoms with Crippen molar-refractivity contribution >= 4 is 50.7 Å². The van der Waals surface area contributed by atoms with E-state index in [-0.39, 0.29) is 35.2 Å². The lowest BCUT2D eigenvalue weighted by Crippen LogP contribution is -2.55. The number of rotatable bonds is 12. The standard InChI is InChI=1S/C32H39Cl2N3O6S/c1-8-27(31(39)35-32(3,4)5)36(19-22-11-12-23(33)17-26(22)34)30(38)20-37(24-13-9-21(2)10-14-24)44(40,41)25-15-16-28(42-6)29(18-25)43-7/h9-18,27H,8,19-20H2,1-7H3,(H,35,39)/t27-/m0/s1. The molecular weight excluding hydrogens is 625 g/mol. The van der Waals surface area contributed by atoms with E-state index in [1.807, 2.05) is 27.7 Å². The molecule has 0 fully saturated rings. The Morgan fingerprint density at radius 2 is 1.57 bits per heavy atom. The molecule has 3 aromatic carbocycles. The molecule has 0 aliphatic heterocycles. The summed E-state index contributed by atoms with van der Waals surface area (Å²) in [5.41, 5.74) is 1.17. The minimum atomic E-state index is -4.32. The van der Waals surface area contributed by atoms with E-state index in [0.29, 0.717) is 21.4 Å². The molecule has 12 heteroatoms. The molecule has 0 radical (unpaired) electrons. The van der Waals surface area contributed by atoms with Crippen molar-refractivity contribution in [1.82, 2.24) is 10.2 Å². The van der Waals surface area contributed by atoms with Crippen molar-refractivity contribution in [3.8, 4) is 11.5 Å². The van der Waals surface area contributed by atoms with Gasteiger partial charge in [-0.1, -0.05) is 53.9 Å². The second kappa shape index (κ2) is 14.5. The van der Waals surface area contributed by atoms with E-state index in [9.17, 15) is 18.0 Å². The van der Waals surface area contributed by atoms with Crippen LogP contribution in [-0.4, -0.2) is 57.5 Å². The zero-order valence-electron chi connectivity index (χ0n) is 26.0. The second-order valence-electron chi connectivity index (χ2n) is 11.3. The SMILES string of the molecule is CC[C@@H](C(=O)NC(C)(C)C)N(Cc1ccc(Cl)cc1Cl)C(=O)CN(c1ccc(C)cc1)S(=O)(=O)c1ccc(OC)c(OC)c1. The number of hydrogen-bond acceptors (Lipinski definition) is 6. The number of benzene rings is 3. The molecule has 1 atom stereocenters. The highest BCUT2D eigenvalue weighted by Gasteiger charge is 2.35. The average Bonchev–Trinajstić information content (AvgIpc) is 2.95. The van der Waals surface area contributed by atoms with Gasteiger partial charge in [-0.25, -0.2) is 8.42 Å². The maximum absolute atomic E-state index is 14.3. The fourth-order valence-electron chi connectivity index (χ4n) is 4.55. The molecule has 0 unspecified atom stereocenters. The molecule has 3 rings (SSSR count). The number of nitrogens with one attached hydrogen (secondary N) is 1. The highest BCUT2D eigenvalue weighted by molar-refractivity contribution is 7.92. The van der Waals surface area contributed by atoms with Crippen molar-refractivity contribution in [2.24, 2.45) is 0 Å². The summed E-state index contributed by atoms with van der Waals surface area (Å²) >= 11 is 12.6. The van der Waals surface area contributed by atoms with Gasteiger partial charge in [0, 0.05) is 28.2 Å². The number of aryl methyl sites for hydroxylation is 1. The summed E-state index contributed by atoms with van der Waals surface area (Å²) in [6.45, 7) is 8.54. The zero-order chi connectivity index (χ0) is 32.8. The topological polar surface area (TPSA) is 105 Å². The van der Waals surface area contributed by atoms with Crippen molar-refractivity contribution in [3.63, 3.8) is 0 Å². The Labute approximate surface area is 270 Å². The highest BCUT2D eigenvalue weighted by Crippen LogP contribution is 2.33. The minimum absolute atomic E-state index is 0.0525. The van der Waals surface area contributed by atoms with E-state index < -0.39 is 34.1 Å². The fourth-order valence-corrected chi connectivity index (χ4v) is 6.45. The van der Waals surface area contributed by atoms with Crippen LogP contribution in [0.3, 0.4) is 0 Å². The Morgan fingerprint density at radius 1 is 0.932 bits per heavy atom. The predicted molar refractivity (Wildman–Crippen MR) is 174 cm³/mol. The Morgan fingerprint density at radius 3 is 2.11 bits per heavy atom. The van der Waals surface area contributed by atoms with Crippen molar-refractivity contribution < 1.29 is 27.5 Å². The molecule has 0 aromatic heterocycles. The molecule has 0 bridgehead atoms. The van der Waals surface area contributed by atoms with Crippen LogP contribution in [0.15, 0.2) is 65.6 Å². The number of halogens is 2. The number of hydrogen-bond donors (Lipinski definition) is 1. The van der Waals surface area contributed by atoms with Crippen LogP contribution in [-0.2, 0) is 26.2 Å². The number of sulfonamides is 1. The van der Waals surface area contributed by atoms with Crippen molar-refractivity contribution in [2.75, 3.05) is 25.1 Å². The van der Waals surface area contributed by atoms with Crippen LogP contribution in [0.2, 0.25) is 10.0 Å². The first kappa shape index (κ1) is 35.0. The normalized spacial score (nSPS) is 12.3. The van der Waals surface area contributed by atoms with Gasteiger partial charge in [0.2, 0.25) is 11.8 Å². The number of anilines is 1. The average molecular weight is 665 g/mol. The number of carbonyl (C=O) groups excluding carboxylic acids is 2. The largest absolute Gasteiger partial charge is 0.493 e. The fraction of sp³-hybridized carbons (Fsp3) is 0.375. The Hall–Kier alpha value is -3.47. The van der Waals surface area contributed by atoms with Crippen LogP contribution in [0.5, 0.6) is 11.5 Å². The van der Waals surface area contributed by atoms with Gasteiger partial charge in [0.1, 0.15) is 12.6 Å². The first-order valence-electron chi connectivity index (χ1n) is 14.0. The summed E-state index contributed by atoms with van der Waals surface area (Å²) in [6, 6.07) is 14.9. The van der Waals surface area contributed by atoms with Gasteiger partial charge in [0.05, 0.1) is 24.8 Å². The molecule has 3 aromatic rings. The number of methoxy groups -OCH3 is 2. The molecule has 0 spiro atoms. The third kappa shape index (κ3) is 8.58. The molecule has 9 nitrogen and oxygen atoms in total. The molecular formula is C32H39Cl2N3O6S. The molecule has 0 saturated heterocycles. The summed E-state index contributed by atoms with van der Waals surface area (Å²) in [5.74, 6) is -0.404. The van der Waals surface area contributed by atoms with Crippen molar-refractivity contribution in [1.29, 1.82) is 0 Å². The maximum atomic E-state index is 14.3. The minimum Gasteiger partial charge on any atom is -0.493 e. The van der Waals surface area contributed by atoms with E-state index in [1.54, 1.807) is 49.4 Å². The molecule has 0 heterocycles. The Bertz CT molecular complexity index is 1590. The third-order valence-corrected chi connectivity index (χ3v) is 9.14. The van der Waals surface area contributed by atoms with E-state index in [1.165, 1.54) is 37.3 Å². The second-order valence-corrected chi connectivity index (χ2v) is 14.0. The van der Waals surface area contributed by atoms with Crippen LogP contribution in [0.4, 0.5) is 5.69 Å². The lowest BCUT2D eigenvalue weighted by atomic mass is 10.1. The first-order valence-corrected chi connectivity index (χ1v) is 16.2. The van der Waals surface area contributed by atoms with Crippen LogP contribution >= 0.6 is 23.2 Å². The van der Waals surface area contributed by atoms with Crippen LogP contribution in [0, 0.1) is 6.92 Å². The quantitative estimate of drug-likeness (QED) is 0.246. The predicted octanol–water partition coefficient (Wildman–Crippen LogP) is 6.24. The molecule has 238 valence electrons. The van der Waals surface area contributed by atoms with Gasteiger partial charge >= 0.3 is 0 Å². The number of ether oxygens (including phenoxy) is 2. The number of carbonyl (C=O) groups is 2. The smallest absolute Gasteiger partial charge is 0.264 e. The van der Waals surface area contributed by atoms with Crippen molar-refractivity contribution in [2.45, 2.75) is 64.1 Å². The van der Waals surface area contributed by atoms with Gasteiger partial charge in [-0.3, -0.25) is 13.9 Å². The highest BCUT2D eigenvalue weighted by atomic mass is 35.5. The lowest BCUT2D eigenvalue weighted by Gasteiger charge is -2.35. The summed E-state index contributed by atoms with van der Waals surface area (Å²) < 4.78 is 40.0. The van der Waals surface area contributed by atoms with Crippen LogP contribution in [0.25, 0.3) is 0 Å². The first-order chi connectivity index (χ1) is 20.6. The molecule has 0 aliphatic rings. The summed E-state index contributed by atoms with van der Waals surface area (Å²) in [7, 11) is -1.46. The van der Waals surface area contributed by atoms with Gasteiger partial charge < -0.3 is 19.7 Å². The lowest BCUT2D eigenvalue weighted by molar-refractivity contribution is -0.141. The monoisotopic (exact) mass is 663 g/mol. The summed E-state index contributed by atoms with van der Waals surface area (Å²) in [4.78, 5) is 29.0. The third-order valence-electron chi connectivity index (χ3n) is 6.78. The van der Waals surface area contributed by atoms with Crippen molar-refractivity contribution in [3.05, 3.63) is 81.8 Å². The van der Waals surface area contributed by atoms with Crippen LogP contribution in [0.1, 0.15) is 45.2 Å². The molecule has 44 heavy (non-hydrogen) atoms. The molecule has 1 N–H and O–H groups in total. The van der Waals surface area contributed by atoms with Gasteiger partial charge in [-0.2, -0.15) is 0 Å². The van der Waals surface area contributed by atoms with E-state index >= 15 is 0 Å². The van der Waals surface area contributed by atoms with E-state index in [0.717, 1.165) is 9.87 Å². The zero-order valence-corrected chi connectivity index (χ0v) is 28.3. The van der Waals surface area contributed by atoms with E-state index in [4.69, 9.17) is 32.7 Å². The maximum Gasteiger partial charge on any atom is 0.264 e. The van der Waals surface area contributed by atoms with E-state index in [2.05, 4.69) is 5.32 Å². The molecule has 2 amide bonds. The number of amides is 2. The number of nitrogens with zero attached hydrogens (tertiary/aromatic N) is 2. The molecule has 0 saturated carbocycles. The van der Waals surface area contributed by atoms with Gasteiger partial charge in [-0.15, -0.1) is 0 Å². The van der Waals surface area contributed by atoms with Crippen LogP contribution < -0.4 is 19.1 Å². The Kier molecular flexibility index (Phi) is 11.6. The summed E-state index contributed by atoms with van der Waals surface area (Å²) in [6.07, 6.45) is 0.270. The van der Waals surface area contributed by atoms with Gasteiger partial charge in [0.25, 0.3) is 10.0 Å².